The number of halogens is 1. The van der Waals surface area contributed by atoms with Gasteiger partial charge in [0.25, 0.3) is 0 Å². The molecule has 3 N–H and O–H groups in total. The van der Waals surface area contributed by atoms with Gasteiger partial charge in [0.15, 0.2) is 0 Å². The SMILES string of the molecule is Cc1cccc(SNC(=O)Nc2ccc(OCc3nc4ccc(Cl)cc4[nH]3)cc2)c1. The Morgan fingerprint density at radius 2 is 1.97 bits per heavy atom. The highest BCUT2D eigenvalue weighted by molar-refractivity contribution is 7.98. The van der Waals surface area contributed by atoms with Gasteiger partial charge in [-0.1, -0.05) is 23.7 Å². The maximum Gasteiger partial charge on any atom is 0.329 e. The van der Waals surface area contributed by atoms with Gasteiger partial charge in [0.05, 0.1) is 11.0 Å². The van der Waals surface area contributed by atoms with Crippen molar-refractivity contribution >= 4 is 46.3 Å². The van der Waals surface area contributed by atoms with Crippen LogP contribution >= 0.6 is 23.5 Å². The number of nitrogens with zero attached hydrogens (tertiary/aromatic N) is 1. The first kappa shape index (κ1) is 20.1. The maximum atomic E-state index is 12.1. The number of carbonyl (C=O) groups excluding carboxylic acids is 1. The van der Waals surface area contributed by atoms with E-state index in [1.807, 2.05) is 43.3 Å². The lowest BCUT2D eigenvalue weighted by molar-refractivity contribution is 0.257. The number of aryl methyl sites for hydroxylation is 1. The largest absolute Gasteiger partial charge is 0.486 e. The van der Waals surface area contributed by atoms with Crippen molar-refractivity contribution in [2.24, 2.45) is 0 Å². The zero-order valence-corrected chi connectivity index (χ0v) is 17.7. The van der Waals surface area contributed by atoms with Crippen molar-refractivity contribution in [2.75, 3.05) is 5.32 Å². The quantitative estimate of drug-likeness (QED) is 0.326. The number of amides is 2. The summed E-state index contributed by atoms with van der Waals surface area (Å²) in [6.45, 7) is 2.31. The number of hydrogen-bond acceptors (Lipinski definition) is 4. The summed E-state index contributed by atoms with van der Waals surface area (Å²) in [7, 11) is 0. The minimum absolute atomic E-state index is 0.295. The van der Waals surface area contributed by atoms with Gasteiger partial charge in [-0.2, -0.15) is 0 Å². The second-order valence-corrected chi connectivity index (χ2v) is 7.95. The van der Waals surface area contributed by atoms with E-state index in [4.69, 9.17) is 16.3 Å². The lowest BCUT2D eigenvalue weighted by Gasteiger charge is -2.09. The van der Waals surface area contributed by atoms with E-state index in [2.05, 4.69) is 20.0 Å². The highest BCUT2D eigenvalue weighted by atomic mass is 35.5. The fraction of sp³-hybridized carbons (Fsp3) is 0.0909. The van der Waals surface area contributed by atoms with Gasteiger partial charge < -0.3 is 15.0 Å². The first-order valence-electron chi connectivity index (χ1n) is 9.23. The molecule has 3 aromatic carbocycles. The molecule has 0 atom stereocenters. The van der Waals surface area contributed by atoms with Crippen LogP contribution in [-0.2, 0) is 6.61 Å². The molecule has 2 amide bonds. The number of imidazole rings is 1. The number of hydrogen-bond donors (Lipinski definition) is 3. The summed E-state index contributed by atoms with van der Waals surface area (Å²) in [6, 6.07) is 20.3. The molecule has 0 fully saturated rings. The fourth-order valence-electron chi connectivity index (χ4n) is 2.83. The second kappa shape index (κ2) is 9.11. The van der Waals surface area contributed by atoms with Gasteiger partial charge in [0.2, 0.25) is 0 Å². The van der Waals surface area contributed by atoms with E-state index in [1.165, 1.54) is 11.9 Å². The van der Waals surface area contributed by atoms with Crippen LogP contribution in [0.25, 0.3) is 11.0 Å². The Balaban J connectivity index is 1.28. The van der Waals surface area contributed by atoms with Crippen LogP contribution in [0.4, 0.5) is 10.5 Å². The summed E-state index contributed by atoms with van der Waals surface area (Å²) < 4.78 is 8.54. The monoisotopic (exact) mass is 438 g/mol. The Kier molecular flexibility index (Phi) is 6.11. The van der Waals surface area contributed by atoms with Crippen molar-refractivity contribution in [3.05, 3.63) is 83.1 Å². The molecule has 0 bridgehead atoms. The topological polar surface area (TPSA) is 79.0 Å². The Morgan fingerprint density at radius 1 is 1.13 bits per heavy atom. The molecule has 1 aromatic heterocycles. The Bertz CT molecular complexity index is 1180. The molecule has 152 valence electrons. The highest BCUT2D eigenvalue weighted by Crippen LogP contribution is 2.20. The summed E-state index contributed by atoms with van der Waals surface area (Å²) in [4.78, 5) is 20.7. The zero-order chi connectivity index (χ0) is 20.9. The van der Waals surface area contributed by atoms with Crippen molar-refractivity contribution in [3.63, 3.8) is 0 Å². The molecule has 8 heteroatoms. The average molecular weight is 439 g/mol. The predicted molar refractivity (Wildman–Crippen MR) is 121 cm³/mol. The van der Waals surface area contributed by atoms with Crippen molar-refractivity contribution in [3.8, 4) is 5.75 Å². The predicted octanol–water partition coefficient (Wildman–Crippen LogP) is 5.93. The van der Waals surface area contributed by atoms with E-state index >= 15 is 0 Å². The number of rotatable bonds is 6. The zero-order valence-electron chi connectivity index (χ0n) is 16.1. The van der Waals surface area contributed by atoms with Crippen LogP contribution in [0.15, 0.2) is 71.6 Å². The van der Waals surface area contributed by atoms with Gasteiger partial charge in [-0.25, -0.2) is 9.78 Å². The fourth-order valence-corrected chi connectivity index (χ4v) is 3.66. The number of anilines is 1. The third-order valence-electron chi connectivity index (χ3n) is 4.23. The first-order valence-corrected chi connectivity index (χ1v) is 10.4. The van der Waals surface area contributed by atoms with Crippen LogP contribution in [0.1, 0.15) is 11.4 Å². The van der Waals surface area contributed by atoms with Crippen LogP contribution in [0.2, 0.25) is 5.02 Å². The second-order valence-electron chi connectivity index (χ2n) is 6.63. The Hall–Kier alpha value is -3.16. The third-order valence-corrected chi connectivity index (χ3v) is 5.24. The molecule has 0 saturated heterocycles. The van der Waals surface area contributed by atoms with Crippen molar-refractivity contribution in [1.82, 2.24) is 14.7 Å². The third kappa shape index (κ3) is 5.25. The van der Waals surface area contributed by atoms with Gasteiger partial charge in [-0.05, 0) is 79.0 Å². The van der Waals surface area contributed by atoms with Crippen molar-refractivity contribution < 1.29 is 9.53 Å². The standard InChI is InChI=1S/C22H19ClN4O2S/c1-14-3-2-4-18(11-14)30-27-22(28)24-16-6-8-17(9-7-16)29-13-21-25-19-10-5-15(23)12-20(19)26-21/h2-12H,13H2,1H3,(H,25,26)(H2,24,27,28). The molecular formula is C22H19ClN4O2S. The normalized spacial score (nSPS) is 10.7. The highest BCUT2D eigenvalue weighted by Gasteiger charge is 2.06. The summed E-state index contributed by atoms with van der Waals surface area (Å²) in [5.41, 5.74) is 3.52. The van der Waals surface area contributed by atoms with E-state index < -0.39 is 0 Å². The molecule has 0 saturated carbocycles. The van der Waals surface area contributed by atoms with Crippen LogP contribution in [0, 0.1) is 6.92 Å². The number of H-pyrrole nitrogens is 1. The average Bonchev–Trinajstić information content (AvgIpc) is 3.14. The van der Waals surface area contributed by atoms with E-state index in [0.29, 0.717) is 28.9 Å². The lowest BCUT2D eigenvalue weighted by Crippen LogP contribution is -2.22. The minimum Gasteiger partial charge on any atom is -0.486 e. The van der Waals surface area contributed by atoms with Gasteiger partial charge in [0, 0.05) is 15.6 Å². The summed E-state index contributed by atoms with van der Waals surface area (Å²) in [5.74, 6) is 1.38. The molecule has 1 heterocycles. The van der Waals surface area contributed by atoms with E-state index in [0.717, 1.165) is 21.5 Å². The molecule has 0 unspecified atom stereocenters. The lowest BCUT2D eigenvalue weighted by atomic mass is 10.2. The Labute approximate surface area is 183 Å². The number of nitrogens with one attached hydrogen (secondary N) is 3. The van der Waals surface area contributed by atoms with Crippen LogP contribution in [0.3, 0.4) is 0 Å². The molecule has 4 aromatic rings. The number of aromatic nitrogens is 2. The number of fused-ring (bicyclic) bond motifs is 1. The van der Waals surface area contributed by atoms with Crippen LogP contribution < -0.4 is 14.8 Å². The van der Waals surface area contributed by atoms with Crippen LogP contribution in [0.5, 0.6) is 5.75 Å². The number of benzene rings is 3. The smallest absolute Gasteiger partial charge is 0.329 e. The Morgan fingerprint density at radius 3 is 2.77 bits per heavy atom. The number of carbonyl (C=O) groups is 1. The number of aromatic amines is 1. The first-order chi connectivity index (χ1) is 14.5. The van der Waals surface area contributed by atoms with Gasteiger partial charge in [-0.15, -0.1) is 0 Å². The van der Waals surface area contributed by atoms with Gasteiger partial charge >= 0.3 is 6.03 Å². The van der Waals surface area contributed by atoms with Gasteiger partial charge in [0.1, 0.15) is 18.2 Å². The minimum atomic E-state index is -0.295. The summed E-state index contributed by atoms with van der Waals surface area (Å²) in [5, 5.41) is 3.45. The molecule has 30 heavy (non-hydrogen) atoms. The molecule has 0 aliphatic heterocycles. The molecule has 0 radical (unpaired) electrons. The van der Waals surface area contributed by atoms with Crippen molar-refractivity contribution in [2.45, 2.75) is 18.4 Å². The summed E-state index contributed by atoms with van der Waals surface area (Å²) in [6.07, 6.45) is 0. The van der Waals surface area contributed by atoms with E-state index in [9.17, 15) is 4.79 Å². The van der Waals surface area contributed by atoms with Crippen molar-refractivity contribution in [1.29, 1.82) is 0 Å². The molecule has 0 aliphatic carbocycles. The molecular weight excluding hydrogens is 420 g/mol. The molecule has 0 aliphatic rings. The number of urea groups is 1. The van der Waals surface area contributed by atoms with Gasteiger partial charge in [-0.3, -0.25) is 4.72 Å². The summed E-state index contributed by atoms with van der Waals surface area (Å²) >= 11 is 7.26. The molecule has 4 rings (SSSR count). The maximum absolute atomic E-state index is 12.1. The number of ether oxygens (including phenoxy) is 1. The van der Waals surface area contributed by atoms with E-state index in [1.54, 1.807) is 30.3 Å². The van der Waals surface area contributed by atoms with Crippen LogP contribution in [-0.4, -0.2) is 16.0 Å². The van der Waals surface area contributed by atoms with E-state index in [-0.39, 0.29) is 6.03 Å². The molecule has 6 nitrogen and oxygen atoms in total. The molecule has 0 spiro atoms.